The van der Waals surface area contributed by atoms with Crippen LogP contribution in [0.2, 0.25) is 0 Å². The van der Waals surface area contributed by atoms with E-state index in [4.69, 9.17) is 0 Å². The van der Waals surface area contributed by atoms with Crippen molar-refractivity contribution in [3.05, 3.63) is 95.6 Å². The average molecular weight is 322 g/mol. The van der Waals surface area contributed by atoms with E-state index in [0.29, 0.717) is 0 Å². The number of aryl methyl sites for hydroxylation is 3. The van der Waals surface area contributed by atoms with Gasteiger partial charge in [-0.25, -0.2) is 0 Å². The Labute approximate surface area is 149 Å². The van der Waals surface area contributed by atoms with E-state index < -0.39 is 0 Å². The fourth-order valence-corrected chi connectivity index (χ4v) is 3.51. The normalized spacial score (nSPS) is 11.0. The highest BCUT2D eigenvalue weighted by atomic mass is 14.1. The summed E-state index contributed by atoms with van der Waals surface area (Å²) in [7, 11) is 0. The van der Waals surface area contributed by atoms with Gasteiger partial charge in [0.25, 0.3) is 0 Å². The number of benzene rings is 4. The molecule has 0 nitrogen and oxygen atoms in total. The molecular weight excluding hydrogens is 300 g/mol. The fourth-order valence-electron chi connectivity index (χ4n) is 3.51. The Hall–Kier alpha value is -2.86. The van der Waals surface area contributed by atoms with Crippen molar-refractivity contribution in [2.75, 3.05) is 0 Å². The molecule has 0 unspecified atom stereocenters. The van der Waals surface area contributed by atoms with E-state index in [0.717, 1.165) is 0 Å². The van der Waals surface area contributed by atoms with Crippen LogP contribution in [0.4, 0.5) is 0 Å². The van der Waals surface area contributed by atoms with Gasteiger partial charge >= 0.3 is 0 Å². The van der Waals surface area contributed by atoms with Gasteiger partial charge in [0.05, 0.1) is 0 Å². The first-order valence-electron chi connectivity index (χ1n) is 8.79. The van der Waals surface area contributed by atoms with Gasteiger partial charge in [0.15, 0.2) is 0 Å². The zero-order chi connectivity index (χ0) is 17.4. The molecule has 0 spiro atoms. The number of hydrogen-bond donors (Lipinski definition) is 0. The van der Waals surface area contributed by atoms with Crippen LogP contribution in [0.1, 0.15) is 16.7 Å². The maximum Gasteiger partial charge on any atom is -0.0146 e. The van der Waals surface area contributed by atoms with Gasteiger partial charge in [-0.15, -0.1) is 0 Å². The quantitative estimate of drug-likeness (QED) is 0.369. The first kappa shape index (κ1) is 15.7. The highest BCUT2D eigenvalue weighted by Gasteiger charge is 2.08. The van der Waals surface area contributed by atoms with Crippen molar-refractivity contribution >= 4 is 10.8 Å². The third-order valence-electron chi connectivity index (χ3n) is 5.00. The van der Waals surface area contributed by atoms with Crippen LogP contribution in [0.5, 0.6) is 0 Å². The second-order valence-corrected chi connectivity index (χ2v) is 6.91. The molecule has 25 heavy (non-hydrogen) atoms. The van der Waals surface area contributed by atoms with E-state index in [1.807, 2.05) is 0 Å². The Kier molecular flexibility index (Phi) is 3.89. The zero-order valence-corrected chi connectivity index (χ0v) is 15.0. The monoisotopic (exact) mass is 322 g/mol. The number of rotatable bonds is 2. The smallest absolute Gasteiger partial charge is 0.0146 e. The third-order valence-corrected chi connectivity index (χ3v) is 5.00. The van der Waals surface area contributed by atoms with Crippen LogP contribution in [0.15, 0.2) is 78.9 Å². The molecule has 4 aromatic rings. The summed E-state index contributed by atoms with van der Waals surface area (Å²) >= 11 is 0. The number of hydrogen-bond acceptors (Lipinski definition) is 0. The van der Waals surface area contributed by atoms with Gasteiger partial charge in [0.1, 0.15) is 0 Å². The molecule has 122 valence electrons. The van der Waals surface area contributed by atoms with Crippen molar-refractivity contribution < 1.29 is 0 Å². The van der Waals surface area contributed by atoms with Gasteiger partial charge in [-0.3, -0.25) is 0 Å². The van der Waals surface area contributed by atoms with E-state index in [2.05, 4.69) is 99.6 Å². The largest absolute Gasteiger partial charge is 0.0620 e. The van der Waals surface area contributed by atoms with E-state index >= 15 is 0 Å². The number of fused-ring (bicyclic) bond motifs is 1. The van der Waals surface area contributed by atoms with Crippen LogP contribution in [0.25, 0.3) is 33.0 Å². The Bertz CT molecular complexity index is 1070. The Morgan fingerprint density at radius 2 is 1.12 bits per heavy atom. The van der Waals surface area contributed by atoms with Gasteiger partial charge in [0.2, 0.25) is 0 Å². The molecule has 0 saturated heterocycles. The minimum absolute atomic E-state index is 1.27. The summed E-state index contributed by atoms with van der Waals surface area (Å²) in [4.78, 5) is 0. The summed E-state index contributed by atoms with van der Waals surface area (Å²) in [6.07, 6.45) is 0. The summed E-state index contributed by atoms with van der Waals surface area (Å²) < 4.78 is 0. The van der Waals surface area contributed by atoms with E-state index in [-0.39, 0.29) is 0 Å². The molecular formula is C25H22. The van der Waals surface area contributed by atoms with Gasteiger partial charge in [0, 0.05) is 0 Å². The van der Waals surface area contributed by atoms with Crippen LogP contribution in [-0.2, 0) is 0 Å². The Morgan fingerprint density at radius 3 is 1.96 bits per heavy atom. The standard InChI is InChI=1S/C25H22/c1-17-8-10-21-15-22(13-12-20(21)14-17)23-11-9-19(3)25(16-23)24-7-5-4-6-18(24)2/h4-16H,1-3H3. The lowest BCUT2D eigenvalue weighted by molar-refractivity contribution is 1.41. The molecule has 0 saturated carbocycles. The summed E-state index contributed by atoms with van der Waals surface area (Å²) in [5, 5.41) is 2.59. The first-order chi connectivity index (χ1) is 12.1. The maximum atomic E-state index is 2.33. The van der Waals surface area contributed by atoms with Gasteiger partial charge in [-0.2, -0.15) is 0 Å². The van der Waals surface area contributed by atoms with Crippen LogP contribution in [-0.4, -0.2) is 0 Å². The van der Waals surface area contributed by atoms with Gasteiger partial charge in [-0.05, 0) is 77.1 Å². The first-order valence-corrected chi connectivity index (χ1v) is 8.79. The molecule has 0 bridgehead atoms. The predicted molar refractivity (Wildman–Crippen MR) is 109 cm³/mol. The molecule has 0 radical (unpaired) electrons. The van der Waals surface area contributed by atoms with E-state index in [1.54, 1.807) is 0 Å². The molecule has 0 fully saturated rings. The zero-order valence-electron chi connectivity index (χ0n) is 15.0. The lowest BCUT2D eigenvalue weighted by Gasteiger charge is -2.12. The maximum absolute atomic E-state index is 2.33. The summed E-state index contributed by atoms with van der Waals surface area (Å²) in [5.74, 6) is 0. The van der Waals surface area contributed by atoms with Crippen LogP contribution in [0, 0.1) is 20.8 Å². The molecule has 0 amide bonds. The highest BCUT2D eigenvalue weighted by Crippen LogP contribution is 2.32. The topological polar surface area (TPSA) is 0 Å². The molecule has 0 aliphatic carbocycles. The van der Waals surface area contributed by atoms with Gasteiger partial charge < -0.3 is 0 Å². The average Bonchev–Trinajstić information content (AvgIpc) is 2.62. The summed E-state index contributed by atoms with van der Waals surface area (Å²) in [5.41, 5.74) is 9.11. The van der Waals surface area contributed by atoms with Crippen molar-refractivity contribution in [3.63, 3.8) is 0 Å². The molecule has 0 atom stereocenters. The highest BCUT2D eigenvalue weighted by molar-refractivity contribution is 5.88. The van der Waals surface area contributed by atoms with Crippen LogP contribution >= 0.6 is 0 Å². The van der Waals surface area contributed by atoms with Crippen molar-refractivity contribution in [2.45, 2.75) is 20.8 Å². The lowest BCUT2D eigenvalue weighted by Crippen LogP contribution is -1.88. The van der Waals surface area contributed by atoms with Crippen LogP contribution < -0.4 is 0 Å². The molecule has 0 aliphatic heterocycles. The fraction of sp³-hybridized carbons (Fsp3) is 0.120. The van der Waals surface area contributed by atoms with E-state index in [9.17, 15) is 0 Å². The molecule has 0 aliphatic rings. The molecule has 4 rings (SSSR count). The van der Waals surface area contributed by atoms with Crippen molar-refractivity contribution in [3.8, 4) is 22.3 Å². The second kappa shape index (κ2) is 6.22. The van der Waals surface area contributed by atoms with Crippen molar-refractivity contribution in [2.24, 2.45) is 0 Å². The third kappa shape index (κ3) is 2.96. The molecule has 0 heteroatoms. The van der Waals surface area contributed by atoms with Gasteiger partial charge in [-0.1, -0.05) is 72.3 Å². The molecule has 4 aromatic carbocycles. The van der Waals surface area contributed by atoms with E-state index in [1.165, 1.54) is 49.7 Å². The van der Waals surface area contributed by atoms with Crippen molar-refractivity contribution in [1.29, 1.82) is 0 Å². The Morgan fingerprint density at radius 1 is 0.480 bits per heavy atom. The Balaban J connectivity index is 1.85. The SMILES string of the molecule is Cc1ccc2cc(-c3ccc(C)c(-c4ccccc4C)c3)ccc2c1. The summed E-state index contributed by atoms with van der Waals surface area (Å²) in [6, 6.07) is 28.8. The minimum Gasteiger partial charge on any atom is -0.0620 e. The van der Waals surface area contributed by atoms with Crippen LogP contribution in [0.3, 0.4) is 0 Å². The summed E-state index contributed by atoms with van der Waals surface area (Å²) in [6.45, 7) is 6.51. The van der Waals surface area contributed by atoms with Crippen molar-refractivity contribution in [1.82, 2.24) is 0 Å². The molecule has 0 heterocycles. The minimum atomic E-state index is 1.27. The lowest BCUT2D eigenvalue weighted by atomic mass is 9.92. The predicted octanol–water partition coefficient (Wildman–Crippen LogP) is 7.10. The molecule has 0 aromatic heterocycles. The second-order valence-electron chi connectivity index (χ2n) is 6.91. The molecule has 0 N–H and O–H groups in total.